The number of nitrogen functional groups attached to an aromatic ring is 1. The molecule has 0 aromatic carbocycles. The molecule has 0 aliphatic rings. The molecule has 5 nitrogen and oxygen atoms in total. The van der Waals surface area contributed by atoms with Gasteiger partial charge in [-0.05, 0) is 26.2 Å². The quantitative estimate of drug-likeness (QED) is 0.541. The predicted molar refractivity (Wildman–Crippen MR) is 71.9 cm³/mol. The topological polar surface area (TPSA) is 75.9 Å². The van der Waals surface area contributed by atoms with E-state index in [1.165, 1.54) is 0 Å². The summed E-state index contributed by atoms with van der Waals surface area (Å²) in [6.45, 7) is 10.4. The van der Waals surface area contributed by atoms with E-state index < -0.39 is 0 Å². The Balaban J connectivity index is 3.01. The lowest BCUT2D eigenvalue weighted by atomic mass is 10.0. The second-order valence-electron chi connectivity index (χ2n) is 4.64. The summed E-state index contributed by atoms with van der Waals surface area (Å²) in [6, 6.07) is 0.411. The monoisotopic (exact) mass is 237 g/mol. The van der Waals surface area contributed by atoms with Crippen LogP contribution in [-0.4, -0.2) is 16.0 Å². The summed E-state index contributed by atoms with van der Waals surface area (Å²) in [6.07, 6.45) is 1.06. The van der Waals surface area contributed by atoms with Crippen LogP contribution in [0.25, 0.3) is 0 Å². The third kappa shape index (κ3) is 3.30. The van der Waals surface area contributed by atoms with E-state index in [9.17, 15) is 0 Å². The van der Waals surface area contributed by atoms with Crippen molar-refractivity contribution in [3.8, 4) is 0 Å². The molecule has 96 valence electrons. The van der Waals surface area contributed by atoms with E-state index in [4.69, 9.17) is 5.84 Å². The van der Waals surface area contributed by atoms with Gasteiger partial charge < -0.3 is 10.7 Å². The van der Waals surface area contributed by atoms with Crippen LogP contribution < -0.4 is 16.6 Å². The van der Waals surface area contributed by atoms with Gasteiger partial charge in [-0.3, -0.25) is 0 Å². The van der Waals surface area contributed by atoms with Crippen molar-refractivity contribution in [1.29, 1.82) is 0 Å². The molecule has 1 atom stereocenters. The third-order valence-corrected chi connectivity index (χ3v) is 2.96. The summed E-state index contributed by atoms with van der Waals surface area (Å²) in [5.74, 6) is 8.26. The molecular formula is C12H23N5. The van der Waals surface area contributed by atoms with Gasteiger partial charge in [-0.15, -0.1) is 0 Å². The Morgan fingerprint density at radius 2 is 1.76 bits per heavy atom. The largest absolute Gasteiger partial charge is 0.367 e. The maximum absolute atomic E-state index is 5.44. The molecule has 1 rings (SSSR count). The smallest absolute Gasteiger partial charge is 0.148 e. The van der Waals surface area contributed by atoms with Crippen LogP contribution >= 0.6 is 0 Å². The molecular weight excluding hydrogens is 214 g/mol. The van der Waals surface area contributed by atoms with Gasteiger partial charge in [-0.1, -0.05) is 20.8 Å². The Labute approximate surface area is 103 Å². The predicted octanol–water partition coefficient (Wildman–Crippen LogP) is 2.23. The van der Waals surface area contributed by atoms with E-state index in [1.807, 2.05) is 13.8 Å². The Morgan fingerprint density at radius 1 is 1.18 bits per heavy atom. The number of rotatable bonds is 5. The summed E-state index contributed by atoms with van der Waals surface area (Å²) in [5, 5.41) is 3.47. The van der Waals surface area contributed by atoms with Crippen molar-refractivity contribution in [2.24, 2.45) is 11.8 Å². The van der Waals surface area contributed by atoms with E-state index in [2.05, 4.69) is 41.5 Å². The number of aryl methyl sites for hydroxylation is 1. The van der Waals surface area contributed by atoms with Crippen LogP contribution in [0.4, 0.5) is 11.6 Å². The number of nitrogens with zero attached hydrogens (tertiary/aromatic N) is 2. The zero-order chi connectivity index (χ0) is 13.0. The van der Waals surface area contributed by atoms with Gasteiger partial charge in [0.15, 0.2) is 0 Å². The molecule has 0 saturated heterocycles. The van der Waals surface area contributed by atoms with E-state index in [-0.39, 0.29) is 0 Å². The molecule has 0 radical (unpaired) electrons. The van der Waals surface area contributed by atoms with Gasteiger partial charge in [0, 0.05) is 11.6 Å². The number of nitrogens with one attached hydrogen (secondary N) is 2. The van der Waals surface area contributed by atoms with Crippen LogP contribution in [-0.2, 0) is 0 Å². The molecule has 1 unspecified atom stereocenters. The first-order chi connectivity index (χ1) is 7.99. The first kappa shape index (κ1) is 13.7. The van der Waals surface area contributed by atoms with Crippen LogP contribution in [0, 0.1) is 19.8 Å². The average Bonchev–Trinajstić information content (AvgIpc) is 2.29. The fourth-order valence-electron chi connectivity index (χ4n) is 1.83. The fourth-order valence-corrected chi connectivity index (χ4v) is 1.83. The molecule has 1 aromatic rings. The van der Waals surface area contributed by atoms with Crippen LogP contribution in [0.15, 0.2) is 0 Å². The standard InChI is InChI=1S/C12H23N5/c1-6-10(7(2)3)16-11-8(4)12(17-13)15-9(5)14-11/h7,10H,6,13H2,1-5H3,(H2,14,15,16,17). The average molecular weight is 237 g/mol. The highest BCUT2D eigenvalue weighted by Crippen LogP contribution is 2.21. The van der Waals surface area contributed by atoms with Gasteiger partial charge in [0.05, 0.1) is 0 Å². The minimum Gasteiger partial charge on any atom is -0.367 e. The molecule has 0 bridgehead atoms. The summed E-state index contributed by atoms with van der Waals surface area (Å²) in [4.78, 5) is 8.68. The van der Waals surface area contributed by atoms with Gasteiger partial charge in [0.2, 0.25) is 0 Å². The van der Waals surface area contributed by atoms with Crippen molar-refractivity contribution in [3.05, 3.63) is 11.4 Å². The third-order valence-electron chi connectivity index (χ3n) is 2.96. The van der Waals surface area contributed by atoms with Crippen LogP contribution in [0.3, 0.4) is 0 Å². The second-order valence-corrected chi connectivity index (χ2v) is 4.64. The van der Waals surface area contributed by atoms with Crippen molar-refractivity contribution in [3.63, 3.8) is 0 Å². The van der Waals surface area contributed by atoms with E-state index >= 15 is 0 Å². The summed E-state index contributed by atoms with van der Waals surface area (Å²) in [5.41, 5.74) is 3.56. The van der Waals surface area contributed by atoms with Crippen molar-refractivity contribution >= 4 is 11.6 Å². The van der Waals surface area contributed by atoms with Crippen molar-refractivity contribution in [2.75, 3.05) is 10.7 Å². The van der Waals surface area contributed by atoms with Crippen molar-refractivity contribution in [2.45, 2.75) is 47.1 Å². The highest BCUT2D eigenvalue weighted by Gasteiger charge is 2.15. The molecule has 4 N–H and O–H groups in total. The van der Waals surface area contributed by atoms with Crippen LogP contribution in [0.2, 0.25) is 0 Å². The molecule has 0 fully saturated rings. The fraction of sp³-hybridized carbons (Fsp3) is 0.667. The van der Waals surface area contributed by atoms with Gasteiger partial charge in [-0.25, -0.2) is 15.8 Å². The molecule has 5 heteroatoms. The summed E-state index contributed by atoms with van der Waals surface area (Å²) in [7, 11) is 0. The maximum atomic E-state index is 5.44. The number of nitrogens with two attached hydrogens (primary N) is 1. The Hall–Kier alpha value is -1.36. The summed E-state index contributed by atoms with van der Waals surface area (Å²) < 4.78 is 0. The van der Waals surface area contributed by atoms with Gasteiger partial charge in [0.25, 0.3) is 0 Å². The van der Waals surface area contributed by atoms with Gasteiger partial charge in [0.1, 0.15) is 17.5 Å². The maximum Gasteiger partial charge on any atom is 0.148 e. The van der Waals surface area contributed by atoms with Gasteiger partial charge >= 0.3 is 0 Å². The van der Waals surface area contributed by atoms with Gasteiger partial charge in [-0.2, -0.15) is 0 Å². The lowest BCUT2D eigenvalue weighted by Crippen LogP contribution is -2.26. The van der Waals surface area contributed by atoms with E-state index in [1.54, 1.807) is 0 Å². The molecule has 0 spiro atoms. The van der Waals surface area contributed by atoms with Crippen LogP contribution in [0.5, 0.6) is 0 Å². The minimum absolute atomic E-state index is 0.411. The number of hydrogen-bond acceptors (Lipinski definition) is 5. The molecule has 1 heterocycles. The number of hydrogen-bond donors (Lipinski definition) is 3. The minimum atomic E-state index is 0.411. The first-order valence-electron chi connectivity index (χ1n) is 6.08. The van der Waals surface area contributed by atoms with Crippen molar-refractivity contribution in [1.82, 2.24) is 9.97 Å². The molecule has 0 aliphatic heterocycles. The lowest BCUT2D eigenvalue weighted by molar-refractivity contribution is 0.509. The van der Waals surface area contributed by atoms with Crippen molar-refractivity contribution < 1.29 is 0 Å². The zero-order valence-electron chi connectivity index (χ0n) is 11.3. The first-order valence-corrected chi connectivity index (χ1v) is 6.08. The zero-order valence-corrected chi connectivity index (χ0v) is 11.3. The van der Waals surface area contributed by atoms with E-state index in [0.29, 0.717) is 23.6 Å². The number of anilines is 2. The summed E-state index contributed by atoms with van der Waals surface area (Å²) >= 11 is 0. The normalized spacial score (nSPS) is 12.6. The Kier molecular flexibility index (Phi) is 4.69. The Morgan fingerprint density at radius 3 is 2.24 bits per heavy atom. The lowest BCUT2D eigenvalue weighted by Gasteiger charge is -2.23. The molecule has 17 heavy (non-hydrogen) atoms. The molecule has 0 aliphatic carbocycles. The molecule has 1 aromatic heterocycles. The number of aromatic nitrogens is 2. The number of hydrazine groups is 1. The highest BCUT2D eigenvalue weighted by atomic mass is 15.3. The highest BCUT2D eigenvalue weighted by molar-refractivity contribution is 5.57. The molecule has 0 saturated carbocycles. The van der Waals surface area contributed by atoms with E-state index in [0.717, 1.165) is 17.8 Å². The molecule has 0 amide bonds. The SMILES string of the molecule is CCC(Nc1nc(C)nc(NN)c1C)C(C)C. The van der Waals surface area contributed by atoms with Crippen LogP contribution in [0.1, 0.15) is 38.6 Å². The second kappa shape index (κ2) is 5.82. The Bertz CT molecular complexity index is 375.